The van der Waals surface area contributed by atoms with Crippen LogP contribution in [0.4, 0.5) is 0 Å². The fourth-order valence-electron chi connectivity index (χ4n) is 0.896. The first-order chi connectivity index (χ1) is 5.84. The van der Waals surface area contributed by atoms with Crippen molar-refractivity contribution >= 4 is 5.78 Å². The van der Waals surface area contributed by atoms with Crippen LogP contribution in [0.15, 0.2) is 30.3 Å². The SMILES string of the molecule is O=C(CNCO)c1ccccc1. The summed E-state index contributed by atoms with van der Waals surface area (Å²) in [5, 5.41) is 11.0. The van der Waals surface area contributed by atoms with E-state index in [0.717, 1.165) is 0 Å². The van der Waals surface area contributed by atoms with Crippen molar-refractivity contribution in [1.82, 2.24) is 5.32 Å². The van der Waals surface area contributed by atoms with Gasteiger partial charge in [0.25, 0.3) is 0 Å². The molecule has 3 nitrogen and oxygen atoms in total. The van der Waals surface area contributed by atoms with Crippen molar-refractivity contribution in [1.29, 1.82) is 0 Å². The summed E-state index contributed by atoms with van der Waals surface area (Å²) in [4.78, 5) is 11.2. The van der Waals surface area contributed by atoms with E-state index in [1.54, 1.807) is 12.1 Å². The van der Waals surface area contributed by atoms with E-state index >= 15 is 0 Å². The molecule has 64 valence electrons. The summed E-state index contributed by atoms with van der Waals surface area (Å²) in [5.41, 5.74) is 0.665. The molecule has 0 atom stereocenters. The molecule has 0 unspecified atom stereocenters. The van der Waals surface area contributed by atoms with Gasteiger partial charge in [-0.3, -0.25) is 10.1 Å². The molecule has 0 radical (unpaired) electrons. The van der Waals surface area contributed by atoms with E-state index in [9.17, 15) is 4.79 Å². The zero-order chi connectivity index (χ0) is 8.81. The average Bonchev–Trinajstić information content (AvgIpc) is 2.15. The minimum Gasteiger partial charge on any atom is -0.381 e. The van der Waals surface area contributed by atoms with Crippen molar-refractivity contribution in [3.63, 3.8) is 0 Å². The number of rotatable bonds is 4. The minimum atomic E-state index is -0.168. The van der Waals surface area contributed by atoms with Gasteiger partial charge in [0, 0.05) is 5.56 Å². The van der Waals surface area contributed by atoms with Gasteiger partial charge in [-0.2, -0.15) is 0 Å². The second kappa shape index (κ2) is 4.64. The van der Waals surface area contributed by atoms with E-state index < -0.39 is 0 Å². The highest BCUT2D eigenvalue weighted by Crippen LogP contribution is 1.98. The van der Waals surface area contributed by atoms with Gasteiger partial charge >= 0.3 is 0 Å². The van der Waals surface area contributed by atoms with E-state index in [0.29, 0.717) is 5.56 Å². The molecule has 12 heavy (non-hydrogen) atoms. The average molecular weight is 165 g/mol. The zero-order valence-electron chi connectivity index (χ0n) is 6.66. The Morgan fingerprint density at radius 1 is 1.33 bits per heavy atom. The normalized spacial score (nSPS) is 9.75. The lowest BCUT2D eigenvalue weighted by atomic mass is 10.1. The standard InChI is InChI=1S/C9H11NO2/c11-7-10-6-9(12)8-4-2-1-3-5-8/h1-5,10-11H,6-7H2. The van der Waals surface area contributed by atoms with Crippen molar-refractivity contribution in [2.45, 2.75) is 0 Å². The summed E-state index contributed by atoms with van der Waals surface area (Å²) < 4.78 is 0. The van der Waals surface area contributed by atoms with Crippen molar-refractivity contribution in [2.75, 3.05) is 13.3 Å². The molecule has 1 aromatic carbocycles. The van der Waals surface area contributed by atoms with Crippen LogP contribution in [0.3, 0.4) is 0 Å². The van der Waals surface area contributed by atoms with Gasteiger partial charge in [0.15, 0.2) is 5.78 Å². The third-order valence-electron chi connectivity index (χ3n) is 1.49. The molecule has 1 aromatic rings. The highest BCUT2D eigenvalue weighted by Gasteiger charge is 2.02. The Balaban J connectivity index is 2.54. The lowest BCUT2D eigenvalue weighted by Crippen LogP contribution is -2.23. The maximum atomic E-state index is 11.2. The Hall–Kier alpha value is -1.19. The molecule has 0 spiro atoms. The van der Waals surface area contributed by atoms with Crippen LogP contribution in [0, 0.1) is 0 Å². The largest absolute Gasteiger partial charge is 0.381 e. The molecule has 0 amide bonds. The van der Waals surface area contributed by atoms with Gasteiger partial charge < -0.3 is 5.11 Å². The fraction of sp³-hybridized carbons (Fsp3) is 0.222. The second-order valence-corrected chi connectivity index (χ2v) is 2.37. The number of hydrogen-bond acceptors (Lipinski definition) is 3. The van der Waals surface area contributed by atoms with E-state index in [4.69, 9.17) is 5.11 Å². The molecular weight excluding hydrogens is 154 g/mol. The van der Waals surface area contributed by atoms with Gasteiger partial charge in [-0.1, -0.05) is 30.3 Å². The number of nitrogens with one attached hydrogen (secondary N) is 1. The maximum absolute atomic E-state index is 11.2. The quantitative estimate of drug-likeness (QED) is 0.502. The smallest absolute Gasteiger partial charge is 0.176 e. The number of carbonyl (C=O) groups excluding carboxylic acids is 1. The third-order valence-corrected chi connectivity index (χ3v) is 1.49. The van der Waals surface area contributed by atoms with E-state index in [1.165, 1.54) is 0 Å². The van der Waals surface area contributed by atoms with Gasteiger partial charge in [0.2, 0.25) is 0 Å². The van der Waals surface area contributed by atoms with Crippen molar-refractivity contribution < 1.29 is 9.90 Å². The number of benzene rings is 1. The van der Waals surface area contributed by atoms with Gasteiger partial charge in [-0.05, 0) is 0 Å². The number of carbonyl (C=O) groups is 1. The molecule has 0 heterocycles. The molecule has 3 heteroatoms. The maximum Gasteiger partial charge on any atom is 0.176 e. The second-order valence-electron chi connectivity index (χ2n) is 2.37. The number of aliphatic hydroxyl groups is 1. The Kier molecular flexibility index (Phi) is 3.44. The molecule has 0 aliphatic carbocycles. The molecule has 0 fully saturated rings. The van der Waals surface area contributed by atoms with Crippen LogP contribution < -0.4 is 5.32 Å². The molecule has 0 saturated heterocycles. The first kappa shape index (κ1) is 8.90. The summed E-state index contributed by atoms with van der Waals surface area (Å²) >= 11 is 0. The zero-order valence-corrected chi connectivity index (χ0v) is 6.66. The van der Waals surface area contributed by atoms with E-state index in [2.05, 4.69) is 5.32 Å². The third kappa shape index (κ3) is 2.45. The molecule has 0 aliphatic heterocycles. The van der Waals surface area contributed by atoms with Crippen molar-refractivity contribution in [2.24, 2.45) is 0 Å². The van der Waals surface area contributed by atoms with Crippen LogP contribution >= 0.6 is 0 Å². The summed E-state index contributed by atoms with van der Waals surface area (Å²) in [5.74, 6) is -0.00958. The Morgan fingerprint density at radius 2 is 2.00 bits per heavy atom. The summed E-state index contributed by atoms with van der Waals surface area (Å²) in [6.07, 6.45) is 0. The Bertz CT molecular complexity index is 246. The molecule has 0 aliphatic rings. The molecule has 2 N–H and O–H groups in total. The number of hydrogen-bond donors (Lipinski definition) is 2. The van der Waals surface area contributed by atoms with Crippen molar-refractivity contribution in [3.8, 4) is 0 Å². The van der Waals surface area contributed by atoms with Crippen LogP contribution in [0.2, 0.25) is 0 Å². The molecule has 0 aromatic heterocycles. The predicted molar refractivity (Wildman–Crippen MR) is 45.9 cm³/mol. The van der Waals surface area contributed by atoms with Gasteiger partial charge in [-0.15, -0.1) is 0 Å². The summed E-state index contributed by atoms with van der Waals surface area (Å²) in [7, 11) is 0. The summed E-state index contributed by atoms with van der Waals surface area (Å²) in [6.45, 7) is 0.0130. The highest BCUT2D eigenvalue weighted by atomic mass is 16.3. The Morgan fingerprint density at radius 3 is 2.58 bits per heavy atom. The van der Waals surface area contributed by atoms with Gasteiger partial charge in [0.1, 0.15) is 0 Å². The number of ketones is 1. The lowest BCUT2D eigenvalue weighted by Gasteiger charge is -1.99. The first-order valence-corrected chi connectivity index (χ1v) is 3.74. The fourth-order valence-corrected chi connectivity index (χ4v) is 0.896. The van der Waals surface area contributed by atoms with Crippen molar-refractivity contribution in [3.05, 3.63) is 35.9 Å². The monoisotopic (exact) mass is 165 g/mol. The van der Waals surface area contributed by atoms with Crippen LogP contribution in [0.25, 0.3) is 0 Å². The first-order valence-electron chi connectivity index (χ1n) is 3.74. The van der Waals surface area contributed by atoms with E-state index in [1.807, 2.05) is 18.2 Å². The molecule has 0 saturated carbocycles. The predicted octanol–water partition coefficient (Wildman–Crippen LogP) is 0.409. The topological polar surface area (TPSA) is 49.3 Å². The number of aliphatic hydroxyl groups excluding tert-OH is 1. The summed E-state index contributed by atoms with van der Waals surface area (Å²) in [6, 6.07) is 8.98. The molecule has 1 rings (SSSR count). The van der Waals surface area contributed by atoms with Crippen LogP contribution in [-0.2, 0) is 0 Å². The lowest BCUT2D eigenvalue weighted by molar-refractivity contribution is 0.0979. The van der Waals surface area contributed by atoms with Gasteiger partial charge in [-0.25, -0.2) is 0 Å². The van der Waals surface area contributed by atoms with Gasteiger partial charge in [0.05, 0.1) is 13.3 Å². The van der Waals surface area contributed by atoms with Crippen LogP contribution in [0.5, 0.6) is 0 Å². The minimum absolute atomic E-state index is 0.00958. The highest BCUT2D eigenvalue weighted by molar-refractivity contribution is 5.97. The Labute approximate surface area is 71.0 Å². The molecule has 0 bridgehead atoms. The number of Topliss-reactive ketones (excluding diaryl/α,β-unsaturated/α-hetero) is 1. The van der Waals surface area contributed by atoms with Crippen LogP contribution in [0.1, 0.15) is 10.4 Å². The van der Waals surface area contributed by atoms with Crippen LogP contribution in [-0.4, -0.2) is 24.2 Å². The van der Waals surface area contributed by atoms with E-state index in [-0.39, 0.29) is 19.1 Å². The molecular formula is C9H11NO2.